The summed E-state index contributed by atoms with van der Waals surface area (Å²) in [5.41, 5.74) is 0.505. The Morgan fingerprint density at radius 3 is 2.87 bits per heavy atom. The van der Waals surface area contributed by atoms with E-state index in [-0.39, 0.29) is 31.3 Å². The Balaban J connectivity index is 1.96. The van der Waals surface area contributed by atoms with Crippen LogP contribution in [0.25, 0.3) is 0 Å². The Bertz CT molecular complexity index is 600. The van der Waals surface area contributed by atoms with Crippen molar-refractivity contribution >= 4 is 17.7 Å². The topological polar surface area (TPSA) is 93.1 Å². The summed E-state index contributed by atoms with van der Waals surface area (Å²) in [6.45, 7) is 2.17. The van der Waals surface area contributed by atoms with Crippen molar-refractivity contribution in [3.63, 3.8) is 0 Å². The fourth-order valence-corrected chi connectivity index (χ4v) is 2.39. The number of morpholine rings is 1. The lowest BCUT2D eigenvalue weighted by molar-refractivity contribution is -0.147. The van der Waals surface area contributed by atoms with Gasteiger partial charge in [0, 0.05) is 12.1 Å². The Kier molecular flexibility index (Phi) is 5.70. The average Bonchev–Trinajstić information content (AvgIpc) is 2.53. The molecule has 1 fully saturated rings. The molecule has 1 aromatic rings. The first kappa shape index (κ1) is 17.0. The second-order valence-electron chi connectivity index (χ2n) is 5.29. The number of ether oxygens (including phenoxy) is 2. The van der Waals surface area contributed by atoms with E-state index in [9.17, 15) is 14.4 Å². The first-order valence-corrected chi connectivity index (χ1v) is 7.30. The molecule has 1 N–H and O–H groups in total. The van der Waals surface area contributed by atoms with Gasteiger partial charge in [-0.3, -0.25) is 14.4 Å². The third kappa shape index (κ3) is 4.79. The van der Waals surface area contributed by atoms with Gasteiger partial charge in [0.15, 0.2) is 12.4 Å². The molecule has 1 atom stereocenters. The maximum Gasteiger partial charge on any atom is 0.305 e. The molecule has 0 spiro atoms. The standard InChI is InChI=1S/C16H19NO6/c1-11(18)12-3-2-4-14(7-12)23-10-15(19)17-5-6-22-9-13(17)8-16(20)21/h2-4,7,13H,5-6,8-10H2,1H3,(H,20,21). The van der Waals surface area contributed by atoms with Gasteiger partial charge >= 0.3 is 5.97 Å². The van der Waals surface area contributed by atoms with Crippen molar-refractivity contribution in [3.8, 4) is 5.75 Å². The number of aliphatic carboxylic acids is 1. The molecule has 1 saturated heterocycles. The Hall–Kier alpha value is -2.41. The number of Topliss-reactive ketones (excluding diaryl/α,β-unsaturated/α-hetero) is 1. The highest BCUT2D eigenvalue weighted by molar-refractivity contribution is 5.94. The number of rotatable bonds is 6. The molecule has 7 nitrogen and oxygen atoms in total. The van der Waals surface area contributed by atoms with E-state index in [2.05, 4.69) is 0 Å². The lowest BCUT2D eigenvalue weighted by Crippen LogP contribution is -2.51. The van der Waals surface area contributed by atoms with Gasteiger partial charge in [-0.1, -0.05) is 12.1 Å². The van der Waals surface area contributed by atoms with Gasteiger partial charge in [0.1, 0.15) is 5.75 Å². The number of carbonyl (C=O) groups excluding carboxylic acids is 2. The second-order valence-corrected chi connectivity index (χ2v) is 5.29. The van der Waals surface area contributed by atoms with E-state index in [0.29, 0.717) is 24.5 Å². The molecule has 7 heteroatoms. The predicted octanol–water partition coefficient (Wildman–Crippen LogP) is 0.970. The highest BCUT2D eigenvalue weighted by atomic mass is 16.5. The minimum atomic E-state index is -0.978. The molecule has 1 aliphatic heterocycles. The van der Waals surface area contributed by atoms with Crippen LogP contribution in [-0.4, -0.2) is 60.1 Å². The van der Waals surface area contributed by atoms with Crippen molar-refractivity contribution in [2.75, 3.05) is 26.4 Å². The Morgan fingerprint density at radius 2 is 2.17 bits per heavy atom. The first-order valence-electron chi connectivity index (χ1n) is 7.30. The molecule has 0 aromatic heterocycles. The number of benzene rings is 1. The van der Waals surface area contributed by atoms with E-state index in [4.69, 9.17) is 14.6 Å². The number of amides is 1. The molecular formula is C16H19NO6. The molecule has 1 heterocycles. The summed E-state index contributed by atoms with van der Waals surface area (Å²) in [7, 11) is 0. The third-order valence-electron chi connectivity index (χ3n) is 3.56. The molecule has 1 amide bonds. The van der Waals surface area contributed by atoms with E-state index in [1.807, 2.05) is 0 Å². The number of carboxylic acid groups (broad SMARTS) is 1. The van der Waals surface area contributed by atoms with Gasteiger partial charge in [-0.25, -0.2) is 0 Å². The van der Waals surface area contributed by atoms with Crippen LogP contribution in [0.2, 0.25) is 0 Å². The van der Waals surface area contributed by atoms with E-state index in [1.54, 1.807) is 24.3 Å². The smallest absolute Gasteiger partial charge is 0.305 e. The van der Waals surface area contributed by atoms with Crippen molar-refractivity contribution in [3.05, 3.63) is 29.8 Å². The van der Waals surface area contributed by atoms with Crippen LogP contribution in [0.3, 0.4) is 0 Å². The summed E-state index contributed by atoms with van der Waals surface area (Å²) in [5.74, 6) is -0.938. The Labute approximate surface area is 133 Å². The normalized spacial score (nSPS) is 17.6. The van der Waals surface area contributed by atoms with Crippen LogP contribution in [0.4, 0.5) is 0 Å². The zero-order chi connectivity index (χ0) is 16.8. The number of ketones is 1. The van der Waals surface area contributed by atoms with Crippen molar-refractivity contribution in [1.29, 1.82) is 0 Å². The molecule has 0 aliphatic carbocycles. The lowest BCUT2D eigenvalue weighted by atomic mass is 10.1. The molecule has 2 rings (SSSR count). The van der Waals surface area contributed by atoms with E-state index < -0.39 is 12.0 Å². The van der Waals surface area contributed by atoms with E-state index >= 15 is 0 Å². The second kappa shape index (κ2) is 7.73. The third-order valence-corrected chi connectivity index (χ3v) is 3.56. The van der Waals surface area contributed by atoms with Crippen molar-refractivity contribution in [2.45, 2.75) is 19.4 Å². The van der Waals surface area contributed by atoms with Gasteiger partial charge in [0.05, 0.1) is 25.7 Å². The molecule has 0 bridgehead atoms. The maximum atomic E-state index is 12.3. The summed E-state index contributed by atoms with van der Waals surface area (Å²) >= 11 is 0. The van der Waals surface area contributed by atoms with Gasteiger partial charge in [0.2, 0.25) is 0 Å². The van der Waals surface area contributed by atoms with E-state index in [1.165, 1.54) is 11.8 Å². The lowest BCUT2D eigenvalue weighted by Gasteiger charge is -2.34. The number of hydrogen-bond donors (Lipinski definition) is 1. The van der Waals surface area contributed by atoms with Gasteiger partial charge in [-0.05, 0) is 19.1 Å². The van der Waals surface area contributed by atoms with Gasteiger partial charge in [-0.2, -0.15) is 0 Å². The van der Waals surface area contributed by atoms with Crippen LogP contribution in [0.15, 0.2) is 24.3 Å². The number of carboxylic acids is 1. The molecule has 1 aliphatic rings. The molecule has 1 aromatic carbocycles. The maximum absolute atomic E-state index is 12.3. The Morgan fingerprint density at radius 1 is 1.39 bits per heavy atom. The number of hydrogen-bond acceptors (Lipinski definition) is 5. The van der Waals surface area contributed by atoms with Gasteiger partial charge in [0.25, 0.3) is 5.91 Å². The monoisotopic (exact) mass is 321 g/mol. The fourth-order valence-electron chi connectivity index (χ4n) is 2.39. The van der Waals surface area contributed by atoms with Gasteiger partial charge < -0.3 is 19.5 Å². The first-order chi connectivity index (χ1) is 11.0. The quantitative estimate of drug-likeness (QED) is 0.785. The summed E-state index contributed by atoms with van der Waals surface area (Å²) in [6.07, 6.45) is -0.161. The summed E-state index contributed by atoms with van der Waals surface area (Å²) in [4.78, 5) is 35.9. The van der Waals surface area contributed by atoms with Crippen LogP contribution >= 0.6 is 0 Å². The summed E-state index contributed by atoms with van der Waals surface area (Å²) in [5, 5.41) is 8.90. The highest BCUT2D eigenvalue weighted by Crippen LogP contribution is 2.15. The van der Waals surface area contributed by atoms with Gasteiger partial charge in [-0.15, -0.1) is 0 Å². The number of carbonyl (C=O) groups is 3. The van der Waals surface area contributed by atoms with Crippen LogP contribution in [0.5, 0.6) is 5.75 Å². The van der Waals surface area contributed by atoms with Crippen LogP contribution < -0.4 is 4.74 Å². The molecule has 0 saturated carbocycles. The van der Waals surface area contributed by atoms with Crippen LogP contribution in [0, 0.1) is 0 Å². The molecule has 23 heavy (non-hydrogen) atoms. The fraction of sp³-hybridized carbons (Fsp3) is 0.438. The largest absolute Gasteiger partial charge is 0.484 e. The molecule has 0 radical (unpaired) electrons. The SMILES string of the molecule is CC(=O)c1cccc(OCC(=O)N2CCOCC2CC(=O)O)c1. The van der Waals surface area contributed by atoms with E-state index in [0.717, 1.165) is 0 Å². The molecule has 124 valence electrons. The van der Waals surface area contributed by atoms with Crippen molar-refractivity contribution in [2.24, 2.45) is 0 Å². The zero-order valence-electron chi connectivity index (χ0n) is 12.9. The van der Waals surface area contributed by atoms with Crippen molar-refractivity contribution < 1.29 is 29.0 Å². The average molecular weight is 321 g/mol. The molecule has 1 unspecified atom stereocenters. The number of nitrogens with zero attached hydrogens (tertiary/aromatic N) is 1. The minimum Gasteiger partial charge on any atom is -0.484 e. The predicted molar refractivity (Wildman–Crippen MR) is 80.5 cm³/mol. The van der Waals surface area contributed by atoms with Crippen molar-refractivity contribution in [1.82, 2.24) is 4.90 Å². The zero-order valence-corrected chi connectivity index (χ0v) is 12.9. The minimum absolute atomic E-state index is 0.0866. The highest BCUT2D eigenvalue weighted by Gasteiger charge is 2.29. The van der Waals surface area contributed by atoms with Crippen LogP contribution in [0.1, 0.15) is 23.7 Å². The molecular weight excluding hydrogens is 302 g/mol. The van der Waals surface area contributed by atoms with Crippen LogP contribution in [-0.2, 0) is 14.3 Å². The summed E-state index contributed by atoms with van der Waals surface area (Å²) in [6, 6.07) is 6.10. The summed E-state index contributed by atoms with van der Waals surface area (Å²) < 4.78 is 10.7.